The Balaban J connectivity index is 2.67. The van der Waals surface area contributed by atoms with Crippen molar-refractivity contribution in [1.29, 1.82) is 0 Å². The lowest BCUT2D eigenvalue weighted by Gasteiger charge is -2.23. The highest BCUT2D eigenvalue weighted by Crippen LogP contribution is 2.19. The summed E-state index contributed by atoms with van der Waals surface area (Å²) in [7, 11) is 1.48. The SMILES string of the molecule is CCC(C(=O)O)N(C)C(=O)COc1cc(C)ccc1C. The van der Waals surface area contributed by atoms with Gasteiger partial charge in [-0.2, -0.15) is 0 Å². The second-order valence-electron chi connectivity index (χ2n) is 4.82. The van der Waals surface area contributed by atoms with Gasteiger partial charge in [0.2, 0.25) is 0 Å². The largest absolute Gasteiger partial charge is 0.483 e. The Kier molecular flexibility index (Phi) is 5.55. The predicted octanol–water partition coefficient (Wildman–Crippen LogP) is 2.00. The number of benzene rings is 1. The van der Waals surface area contributed by atoms with Gasteiger partial charge in [0.15, 0.2) is 6.61 Å². The van der Waals surface area contributed by atoms with Crippen molar-refractivity contribution in [3.63, 3.8) is 0 Å². The van der Waals surface area contributed by atoms with Crippen LogP contribution in [0.3, 0.4) is 0 Å². The van der Waals surface area contributed by atoms with E-state index in [4.69, 9.17) is 9.84 Å². The molecule has 0 aromatic heterocycles. The van der Waals surface area contributed by atoms with Crippen LogP contribution in [0.4, 0.5) is 0 Å². The monoisotopic (exact) mass is 279 g/mol. The average molecular weight is 279 g/mol. The van der Waals surface area contributed by atoms with Crippen LogP contribution in [0, 0.1) is 13.8 Å². The van der Waals surface area contributed by atoms with Crippen molar-refractivity contribution >= 4 is 11.9 Å². The molecule has 0 saturated heterocycles. The fraction of sp³-hybridized carbons (Fsp3) is 0.467. The molecule has 0 aliphatic rings. The first-order valence-electron chi connectivity index (χ1n) is 6.55. The number of rotatable bonds is 6. The van der Waals surface area contributed by atoms with Gasteiger partial charge in [-0.1, -0.05) is 19.1 Å². The standard InChI is InChI=1S/C15H21NO4/c1-5-12(15(18)19)16(4)14(17)9-20-13-8-10(2)6-7-11(13)3/h6-8,12H,5,9H2,1-4H3,(H,18,19). The highest BCUT2D eigenvalue weighted by molar-refractivity contribution is 5.84. The van der Waals surface area contributed by atoms with Gasteiger partial charge in [-0.3, -0.25) is 4.79 Å². The Hall–Kier alpha value is -2.04. The second-order valence-corrected chi connectivity index (χ2v) is 4.82. The van der Waals surface area contributed by atoms with E-state index in [1.54, 1.807) is 6.92 Å². The fourth-order valence-corrected chi connectivity index (χ4v) is 1.89. The highest BCUT2D eigenvalue weighted by atomic mass is 16.5. The molecule has 1 aromatic carbocycles. The Morgan fingerprint density at radius 3 is 2.55 bits per heavy atom. The van der Waals surface area contributed by atoms with Crippen LogP contribution in [-0.2, 0) is 9.59 Å². The Morgan fingerprint density at radius 1 is 1.35 bits per heavy atom. The van der Waals surface area contributed by atoms with E-state index in [-0.39, 0.29) is 12.5 Å². The number of hydrogen-bond acceptors (Lipinski definition) is 3. The van der Waals surface area contributed by atoms with Gasteiger partial charge in [-0.15, -0.1) is 0 Å². The van der Waals surface area contributed by atoms with Gasteiger partial charge in [0.25, 0.3) is 5.91 Å². The van der Waals surface area contributed by atoms with Crippen LogP contribution < -0.4 is 4.74 Å². The minimum absolute atomic E-state index is 0.162. The minimum Gasteiger partial charge on any atom is -0.483 e. The summed E-state index contributed by atoms with van der Waals surface area (Å²) in [5.74, 6) is -0.703. The van der Waals surface area contributed by atoms with Crippen molar-refractivity contribution in [2.24, 2.45) is 0 Å². The number of aliphatic carboxylic acids is 1. The van der Waals surface area contributed by atoms with Gasteiger partial charge in [0, 0.05) is 7.05 Å². The summed E-state index contributed by atoms with van der Waals surface area (Å²) in [6.07, 6.45) is 0.362. The zero-order valence-corrected chi connectivity index (χ0v) is 12.3. The molecule has 1 unspecified atom stereocenters. The van der Waals surface area contributed by atoms with Gasteiger partial charge in [-0.25, -0.2) is 4.79 Å². The molecule has 0 bridgehead atoms. The van der Waals surface area contributed by atoms with Crippen molar-refractivity contribution in [2.75, 3.05) is 13.7 Å². The first-order chi connectivity index (χ1) is 9.36. The molecule has 1 amide bonds. The third-order valence-corrected chi connectivity index (χ3v) is 3.23. The molecule has 0 aliphatic heterocycles. The zero-order chi connectivity index (χ0) is 15.3. The molecule has 0 spiro atoms. The number of ether oxygens (including phenoxy) is 1. The molecule has 0 radical (unpaired) electrons. The van der Waals surface area contributed by atoms with Crippen molar-refractivity contribution in [2.45, 2.75) is 33.2 Å². The third-order valence-electron chi connectivity index (χ3n) is 3.23. The van der Waals surface area contributed by atoms with E-state index < -0.39 is 12.0 Å². The topological polar surface area (TPSA) is 66.8 Å². The molecule has 5 heteroatoms. The number of hydrogen-bond donors (Lipinski definition) is 1. The van der Waals surface area contributed by atoms with E-state index in [0.717, 1.165) is 11.1 Å². The maximum atomic E-state index is 12.0. The molecule has 0 heterocycles. The van der Waals surface area contributed by atoms with E-state index in [9.17, 15) is 9.59 Å². The third kappa shape index (κ3) is 3.98. The Labute approximate surface area is 119 Å². The van der Waals surface area contributed by atoms with Crippen molar-refractivity contribution in [3.8, 4) is 5.75 Å². The first-order valence-corrected chi connectivity index (χ1v) is 6.55. The Bertz CT molecular complexity index is 499. The lowest BCUT2D eigenvalue weighted by atomic mass is 10.1. The summed E-state index contributed by atoms with van der Waals surface area (Å²) < 4.78 is 5.49. The maximum Gasteiger partial charge on any atom is 0.326 e. The predicted molar refractivity (Wildman–Crippen MR) is 75.9 cm³/mol. The van der Waals surface area contributed by atoms with E-state index in [1.165, 1.54) is 11.9 Å². The number of carbonyl (C=O) groups excluding carboxylic acids is 1. The van der Waals surface area contributed by atoms with Crippen LogP contribution in [0.1, 0.15) is 24.5 Å². The minimum atomic E-state index is -1.00. The smallest absolute Gasteiger partial charge is 0.326 e. The summed E-state index contributed by atoms with van der Waals surface area (Å²) in [6.45, 7) is 5.41. The fourth-order valence-electron chi connectivity index (χ4n) is 1.89. The van der Waals surface area contributed by atoms with Gasteiger partial charge < -0.3 is 14.7 Å². The lowest BCUT2D eigenvalue weighted by molar-refractivity contribution is -0.149. The van der Waals surface area contributed by atoms with E-state index in [2.05, 4.69) is 0 Å². The van der Waals surface area contributed by atoms with E-state index in [0.29, 0.717) is 12.2 Å². The van der Waals surface area contributed by atoms with Crippen LogP contribution in [-0.4, -0.2) is 41.6 Å². The summed E-state index contributed by atoms with van der Waals surface area (Å²) >= 11 is 0. The van der Waals surface area contributed by atoms with Crippen LogP contribution in [0.5, 0.6) is 5.75 Å². The Morgan fingerprint density at radius 2 is 2.00 bits per heavy atom. The highest BCUT2D eigenvalue weighted by Gasteiger charge is 2.24. The number of carboxylic acids is 1. The molecule has 5 nitrogen and oxygen atoms in total. The summed E-state index contributed by atoms with van der Waals surface area (Å²) in [5, 5.41) is 9.02. The summed E-state index contributed by atoms with van der Waals surface area (Å²) in [4.78, 5) is 24.2. The lowest BCUT2D eigenvalue weighted by Crippen LogP contribution is -2.44. The van der Waals surface area contributed by atoms with Crippen LogP contribution in [0.15, 0.2) is 18.2 Å². The van der Waals surface area contributed by atoms with Crippen molar-refractivity contribution < 1.29 is 19.4 Å². The summed E-state index contributed by atoms with van der Waals surface area (Å²) in [6, 6.07) is 4.93. The average Bonchev–Trinajstić information content (AvgIpc) is 2.39. The quantitative estimate of drug-likeness (QED) is 0.865. The molecular weight excluding hydrogens is 258 g/mol. The second kappa shape index (κ2) is 6.93. The van der Waals surface area contributed by atoms with Crippen LogP contribution >= 0.6 is 0 Å². The molecule has 110 valence electrons. The number of likely N-dealkylation sites (N-methyl/N-ethyl adjacent to an activating group) is 1. The number of carbonyl (C=O) groups is 2. The molecule has 0 fully saturated rings. The molecule has 1 rings (SSSR count). The van der Waals surface area contributed by atoms with Crippen molar-refractivity contribution in [1.82, 2.24) is 4.90 Å². The number of carboxylic acid groups (broad SMARTS) is 1. The zero-order valence-electron chi connectivity index (χ0n) is 12.3. The molecular formula is C15H21NO4. The van der Waals surface area contributed by atoms with Gasteiger partial charge in [0.05, 0.1) is 0 Å². The normalized spacial score (nSPS) is 11.8. The van der Waals surface area contributed by atoms with E-state index >= 15 is 0 Å². The number of nitrogens with zero attached hydrogens (tertiary/aromatic N) is 1. The first kappa shape index (κ1) is 16.0. The molecule has 0 saturated carbocycles. The molecule has 1 aromatic rings. The maximum absolute atomic E-state index is 12.0. The van der Waals surface area contributed by atoms with Gasteiger partial charge >= 0.3 is 5.97 Å². The van der Waals surface area contributed by atoms with Gasteiger partial charge in [0.1, 0.15) is 11.8 Å². The van der Waals surface area contributed by atoms with E-state index in [1.807, 2.05) is 32.0 Å². The van der Waals surface area contributed by atoms with Gasteiger partial charge in [-0.05, 0) is 37.5 Å². The molecule has 20 heavy (non-hydrogen) atoms. The number of aryl methyl sites for hydroxylation is 2. The molecule has 1 atom stereocenters. The number of amides is 1. The van der Waals surface area contributed by atoms with Crippen LogP contribution in [0.2, 0.25) is 0 Å². The van der Waals surface area contributed by atoms with Crippen molar-refractivity contribution in [3.05, 3.63) is 29.3 Å². The molecule has 1 N–H and O–H groups in total. The summed E-state index contributed by atoms with van der Waals surface area (Å²) in [5.41, 5.74) is 1.99. The molecule has 0 aliphatic carbocycles. The van der Waals surface area contributed by atoms with Crippen LogP contribution in [0.25, 0.3) is 0 Å².